The lowest BCUT2D eigenvalue weighted by Crippen LogP contribution is -1.96. The van der Waals surface area contributed by atoms with Crippen LogP contribution in [-0.2, 0) is 12.8 Å². The molecule has 2 aromatic carbocycles. The summed E-state index contributed by atoms with van der Waals surface area (Å²) < 4.78 is 15.6. The highest BCUT2D eigenvalue weighted by Gasteiger charge is 2.14. The average molecular weight is 344 g/mol. The standard InChI is InChI=1S/C16H13FN4O2S/c1-20-15(13-4-2-3-5-14(13)17)18-19-16(20)24-10-11-6-8-12(9-7-11)21(22)23/h2-9H,10H2,1H3. The van der Waals surface area contributed by atoms with Gasteiger partial charge < -0.3 is 4.57 Å². The van der Waals surface area contributed by atoms with Crippen molar-refractivity contribution in [3.63, 3.8) is 0 Å². The lowest BCUT2D eigenvalue weighted by atomic mass is 10.2. The molecular formula is C16H13FN4O2S. The van der Waals surface area contributed by atoms with Crippen molar-refractivity contribution in [2.75, 3.05) is 0 Å². The van der Waals surface area contributed by atoms with Crippen molar-refractivity contribution in [2.24, 2.45) is 7.05 Å². The Labute approximate surface area is 141 Å². The van der Waals surface area contributed by atoms with Gasteiger partial charge in [0.15, 0.2) is 11.0 Å². The largest absolute Gasteiger partial charge is 0.305 e. The van der Waals surface area contributed by atoms with Crippen molar-refractivity contribution in [1.82, 2.24) is 14.8 Å². The number of nitrogens with zero attached hydrogens (tertiary/aromatic N) is 4. The minimum absolute atomic E-state index is 0.0595. The molecule has 3 rings (SSSR count). The predicted octanol–water partition coefficient (Wildman–Crippen LogP) is 3.82. The summed E-state index contributed by atoms with van der Waals surface area (Å²) in [6, 6.07) is 12.8. The molecule has 0 N–H and O–H groups in total. The monoisotopic (exact) mass is 344 g/mol. The second-order valence-electron chi connectivity index (χ2n) is 5.06. The van der Waals surface area contributed by atoms with Gasteiger partial charge >= 0.3 is 0 Å². The molecule has 0 radical (unpaired) electrons. The molecule has 3 aromatic rings. The third kappa shape index (κ3) is 3.28. The molecule has 0 spiro atoms. The van der Waals surface area contributed by atoms with E-state index in [4.69, 9.17) is 0 Å². The second kappa shape index (κ2) is 6.79. The van der Waals surface area contributed by atoms with E-state index in [0.29, 0.717) is 22.3 Å². The maximum atomic E-state index is 13.9. The molecule has 122 valence electrons. The zero-order chi connectivity index (χ0) is 17.1. The number of hydrogen-bond donors (Lipinski definition) is 0. The van der Waals surface area contributed by atoms with E-state index < -0.39 is 4.92 Å². The van der Waals surface area contributed by atoms with Gasteiger partial charge in [-0.1, -0.05) is 36.0 Å². The summed E-state index contributed by atoms with van der Waals surface area (Å²) >= 11 is 1.43. The lowest BCUT2D eigenvalue weighted by molar-refractivity contribution is -0.384. The van der Waals surface area contributed by atoms with E-state index in [0.717, 1.165) is 5.56 Å². The molecule has 0 bridgehead atoms. The Hall–Kier alpha value is -2.74. The number of aromatic nitrogens is 3. The van der Waals surface area contributed by atoms with Crippen molar-refractivity contribution >= 4 is 17.4 Å². The van der Waals surface area contributed by atoms with Gasteiger partial charge in [-0.15, -0.1) is 10.2 Å². The molecule has 0 fully saturated rings. The van der Waals surface area contributed by atoms with Crippen LogP contribution < -0.4 is 0 Å². The number of rotatable bonds is 5. The normalized spacial score (nSPS) is 10.8. The molecule has 1 heterocycles. The molecule has 8 heteroatoms. The Bertz CT molecular complexity index is 880. The number of nitro groups is 1. The minimum atomic E-state index is -0.430. The lowest BCUT2D eigenvalue weighted by Gasteiger charge is -2.05. The van der Waals surface area contributed by atoms with E-state index in [-0.39, 0.29) is 11.5 Å². The molecule has 0 aliphatic carbocycles. The molecule has 0 aliphatic heterocycles. The Balaban J connectivity index is 1.75. The summed E-state index contributed by atoms with van der Waals surface area (Å²) in [6.45, 7) is 0. The smallest absolute Gasteiger partial charge is 0.269 e. The fourth-order valence-corrected chi connectivity index (χ4v) is 3.05. The van der Waals surface area contributed by atoms with Crippen LogP contribution in [0.2, 0.25) is 0 Å². The Morgan fingerprint density at radius 2 is 1.88 bits per heavy atom. The predicted molar refractivity (Wildman–Crippen MR) is 89.1 cm³/mol. The molecule has 24 heavy (non-hydrogen) atoms. The van der Waals surface area contributed by atoms with Crippen LogP contribution in [0.5, 0.6) is 0 Å². The molecule has 0 unspecified atom stereocenters. The van der Waals surface area contributed by atoms with Crippen LogP contribution in [0.4, 0.5) is 10.1 Å². The molecular weight excluding hydrogens is 331 g/mol. The molecule has 0 amide bonds. The Morgan fingerprint density at radius 1 is 1.17 bits per heavy atom. The van der Waals surface area contributed by atoms with Crippen LogP contribution >= 0.6 is 11.8 Å². The number of nitro benzene ring substituents is 1. The van der Waals surface area contributed by atoms with E-state index in [1.807, 2.05) is 0 Å². The van der Waals surface area contributed by atoms with E-state index in [9.17, 15) is 14.5 Å². The SMILES string of the molecule is Cn1c(SCc2ccc([N+](=O)[O-])cc2)nnc1-c1ccccc1F. The first-order valence-corrected chi connectivity index (χ1v) is 8.05. The molecule has 0 saturated carbocycles. The second-order valence-corrected chi connectivity index (χ2v) is 6.00. The molecule has 0 saturated heterocycles. The van der Waals surface area contributed by atoms with Crippen LogP contribution in [0, 0.1) is 15.9 Å². The Kier molecular flexibility index (Phi) is 4.57. The van der Waals surface area contributed by atoms with Gasteiger partial charge in [-0.2, -0.15) is 0 Å². The van der Waals surface area contributed by atoms with Crippen LogP contribution in [0.15, 0.2) is 53.7 Å². The van der Waals surface area contributed by atoms with Gasteiger partial charge in [-0.3, -0.25) is 10.1 Å². The van der Waals surface area contributed by atoms with Crippen LogP contribution in [0.25, 0.3) is 11.4 Å². The number of hydrogen-bond acceptors (Lipinski definition) is 5. The quantitative estimate of drug-likeness (QED) is 0.400. The maximum Gasteiger partial charge on any atom is 0.269 e. The first kappa shape index (κ1) is 16.1. The van der Waals surface area contributed by atoms with Gasteiger partial charge in [0.05, 0.1) is 10.5 Å². The molecule has 0 aliphatic rings. The van der Waals surface area contributed by atoms with Crippen LogP contribution in [-0.4, -0.2) is 19.7 Å². The summed E-state index contributed by atoms with van der Waals surface area (Å²) in [7, 11) is 1.78. The van der Waals surface area contributed by atoms with E-state index in [1.165, 1.54) is 30.0 Å². The van der Waals surface area contributed by atoms with Crippen LogP contribution in [0.1, 0.15) is 5.56 Å². The third-order valence-electron chi connectivity index (χ3n) is 3.46. The molecule has 6 nitrogen and oxygen atoms in total. The average Bonchev–Trinajstić information content (AvgIpc) is 2.94. The van der Waals surface area contributed by atoms with Crippen molar-refractivity contribution < 1.29 is 9.31 Å². The summed E-state index contributed by atoms with van der Waals surface area (Å²) in [4.78, 5) is 10.2. The van der Waals surface area contributed by atoms with Crippen molar-refractivity contribution in [3.05, 3.63) is 70.0 Å². The first-order chi connectivity index (χ1) is 11.6. The van der Waals surface area contributed by atoms with Gasteiger partial charge in [0.2, 0.25) is 0 Å². The molecule has 0 atom stereocenters. The molecule has 1 aromatic heterocycles. The fraction of sp³-hybridized carbons (Fsp3) is 0.125. The van der Waals surface area contributed by atoms with Gasteiger partial charge in [0.1, 0.15) is 5.82 Å². The van der Waals surface area contributed by atoms with E-state index >= 15 is 0 Å². The number of thioether (sulfide) groups is 1. The van der Waals surface area contributed by atoms with Gasteiger partial charge in [0, 0.05) is 24.9 Å². The van der Waals surface area contributed by atoms with Gasteiger partial charge in [-0.05, 0) is 17.7 Å². The highest BCUT2D eigenvalue weighted by molar-refractivity contribution is 7.98. The summed E-state index contributed by atoms with van der Waals surface area (Å²) in [5.74, 6) is 0.695. The number of non-ortho nitro benzene ring substituents is 1. The zero-order valence-electron chi connectivity index (χ0n) is 12.7. The van der Waals surface area contributed by atoms with E-state index in [2.05, 4.69) is 10.2 Å². The highest BCUT2D eigenvalue weighted by atomic mass is 32.2. The highest BCUT2D eigenvalue weighted by Crippen LogP contribution is 2.27. The Morgan fingerprint density at radius 3 is 2.54 bits per heavy atom. The summed E-state index contributed by atoms with van der Waals surface area (Å²) in [5, 5.41) is 19.4. The van der Waals surface area contributed by atoms with Crippen LogP contribution in [0.3, 0.4) is 0 Å². The van der Waals surface area contributed by atoms with E-state index in [1.54, 1.807) is 41.9 Å². The minimum Gasteiger partial charge on any atom is -0.305 e. The van der Waals surface area contributed by atoms with Crippen molar-refractivity contribution in [2.45, 2.75) is 10.9 Å². The summed E-state index contributed by atoms with van der Waals surface area (Å²) in [5.41, 5.74) is 1.39. The topological polar surface area (TPSA) is 73.8 Å². The number of benzene rings is 2. The maximum absolute atomic E-state index is 13.9. The summed E-state index contributed by atoms with van der Waals surface area (Å²) in [6.07, 6.45) is 0. The van der Waals surface area contributed by atoms with Crippen molar-refractivity contribution in [3.8, 4) is 11.4 Å². The zero-order valence-corrected chi connectivity index (χ0v) is 13.5. The third-order valence-corrected chi connectivity index (χ3v) is 4.56. The first-order valence-electron chi connectivity index (χ1n) is 7.06. The van der Waals surface area contributed by atoms with Gasteiger partial charge in [-0.25, -0.2) is 4.39 Å². The van der Waals surface area contributed by atoms with Crippen molar-refractivity contribution in [1.29, 1.82) is 0 Å². The van der Waals surface area contributed by atoms with Gasteiger partial charge in [0.25, 0.3) is 5.69 Å². The fourth-order valence-electron chi connectivity index (χ4n) is 2.18. The number of halogens is 1.